The quantitative estimate of drug-likeness (QED) is 0.935. The second-order valence-electron chi connectivity index (χ2n) is 5.68. The number of benzene rings is 1. The average molecular weight is 287 g/mol. The third kappa shape index (κ3) is 2.72. The van der Waals surface area contributed by atoms with Gasteiger partial charge in [0.2, 0.25) is 0 Å². The van der Waals surface area contributed by atoms with E-state index in [1.807, 2.05) is 6.20 Å². The van der Waals surface area contributed by atoms with Crippen LogP contribution in [-0.4, -0.2) is 24.6 Å². The summed E-state index contributed by atoms with van der Waals surface area (Å²) >= 11 is 1.79. The first-order valence-electron chi connectivity index (χ1n) is 7.16. The normalized spacial score (nSPS) is 14.1. The molecule has 1 aliphatic heterocycles. The number of anilines is 1. The molecule has 0 amide bonds. The summed E-state index contributed by atoms with van der Waals surface area (Å²) < 4.78 is 0. The average Bonchev–Trinajstić information content (AvgIpc) is 3.04. The second-order valence-corrected chi connectivity index (χ2v) is 6.80. The minimum atomic E-state index is 0.510. The van der Waals surface area contributed by atoms with E-state index in [1.54, 1.807) is 11.3 Å². The van der Waals surface area contributed by atoms with Crippen LogP contribution in [0.25, 0.3) is 10.6 Å². The first-order chi connectivity index (χ1) is 9.63. The first kappa shape index (κ1) is 13.6. The standard InChI is InChI=1S/C16H21N3S/c1-11(2)17-9-14-10-18-16(20-14)13-4-5-15-12(8-13)6-7-19(15)3/h4-5,8,10-11,17H,6-7,9H2,1-3H3. The zero-order valence-electron chi connectivity index (χ0n) is 12.3. The SMILES string of the molecule is CC(C)NCc1cnc(-c2ccc3c(c2)CCN3C)s1. The number of aromatic nitrogens is 1. The van der Waals surface area contributed by atoms with Crippen LogP contribution in [0, 0.1) is 0 Å². The number of hydrogen-bond donors (Lipinski definition) is 1. The lowest BCUT2D eigenvalue weighted by Gasteiger charge is -2.11. The lowest BCUT2D eigenvalue weighted by molar-refractivity contribution is 0.593. The van der Waals surface area contributed by atoms with Gasteiger partial charge in [0.25, 0.3) is 0 Å². The Balaban J connectivity index is 1.80. The molecule has 0 radical (unpaired) electrons. The monoisotopic (exact) mass is 287 g/mol. The Labute approximate surface area is 124 Å². The minimum absolute atomic E-state index is 0.510. The zero-order valence-corrected chi connectivity index (χ0v) is 13.1. The smallest absolute Gasteiger partial charge is 0.123 e. The minimum Gasteiger partial charge on any atom is -0.374 e. The van der Waals surface area contributed by atoms with Crippen molar-refractivity contribution in [3.63, 3.8) is 0 Å². The number of nitrogens with zero attached hydrogens (tertiary/aromatic N) is 2. The zero-order chi connectivity index (χ0) is 14.1. The van der Waals surface area contributed by atoms with Gasteiger partial charge in [-0.05, 0) is 30.2 Å². The Morgan fingerprint density at radius 2 is 2.25 bits per heavy atom. The van der Waals surface area contributed by atoms with Gasteiger partial charge in [-0.2, -0.15) is 0 Å². The Bertz CT molecular complexity index is 604. The number of thiazole rings is 1. The molecule has 1 aromatic heterocycles. The lowest BCUT2D eigenvalue weighted by Crippen LogP contribution is -2.21. The summed E-state index contributed by atoms with van der Waals surface area (Å²) in [7, 11) is 2.16. The van der Waals surface area contributed by atoms with Gasteiger partial charge in [0.1, 0.15) is 5.01 Å². The van der Waals surface area contributed by atoms with Gasteiger partial charge in [-0.15, -0.1) is 11.3 Å². The van der Waals surface area contributed by atoms with Crippen LogP contribution >= 0.6 is 11.3 Å². The van der Waals surface area contributed by atoms with E-state index in [0.717, 1.165) is 24.5 Å². The summed E-state index contributed by atoms with van der Waals surface area (Å²) in [5, 5.41) is 4.57. The first-order valence-corrected chi connectivity index (χ1v) is 7.97. The number of nitrogens with one attached hydrogen (secondary N) is 1. The van der Waals surface area contributed by atoms with Crippen LogP contribution in [0.3, 0.4) is 0 Å². The Kier molecular flexibility index (Phi) is 3.76. The molecule has 20 heavy (non-hydrogen) atoms. The molecule has 106 valence electrons. The predicted octanol–water partition coefficient (Wildman–Crippen LogP) is 3.30. The third-order valence-corrected chi connectivity index (χ3v) is 4.74. The van der Waals surface area contributed by atoms with Gasteiger partial charge in [0, 0.05) is 48.5 Å². The van der Waals surface area contributed by atoms with Crippen molar-refractivity contribution in [3.8, 4) is 10.6 Å². The van der Waals surface area contributed by atoms with Crippen LogP contribution < -0.4 is 10.2 Å². The molecule has 0 saturated heterocycles. The van der Waals surface area contributed by atoms with Crippen LogP contribution in [0.2, 0.25) is 0 Å². The van der Waals surface area contributed by atoms with E-state index >= 15 is 0 Å². The predicted molar refractivity (Wildman–Crippen MR) is 86.5 cm³/mol. The van der Waals surface area contributed by atoms with Crippen molar-refractivity contribution in [2.75, 3.05) is 18.5 Å². The second kappa shape index (κ2) is 5.54. The molecular formula is C16H21N3S. The van der Waals surface area contributed by atoms with Crippen molar-refractivity contribution in [1.82, 2.24) is 10.3 Å². The van der Waals surface area contributed by atoms with E-state index < -0.39 is 0 Å². The van der Waals surface area contributed by atoms with E-state index in [2.05, 4.69) is 54.3 Å². The Morgan fingerprint density at radius 1 is 1.40 bits per heavy atom. The molecule has 0 bridgehead atoms. The highest BCUT2D eigenvalue weighted by atomic mass is 32.1. The summed E-state index contributed by atoms with van der Waals surface area (Å²) in [5.41, 5.74) is 4.06. The molecule has 0 saturated carbocycles. The topological polar surface area (TPSA) is 28.2 Å². The number of rotatable bonds is 4. The van der Waals surface area contributed by atoms with Crippen LogP contribution in [0.1, 0.15) is 24.3 Å². The molecular weight excluding hydrogens is 266 g/mol. The van der Waals surface area contributed by atoms with E-state index in [-0.39, 0.29) is 0 Å². The fourth-order valence-electron chi connectivity index (χ4n) is 2.53. The van der Waals surface area contributed by atoms with Gasteiger partial charge in [-0.1, -0.05) is 13.8 Å². The molecule has 4 heteroatoms. The lowest BCUT2D eigenvalue weighted by atomic mass is 10.1. The van der Waals surface area contributed by atoms with Crippen molar-refractivity contribution < 1.29 is 0 Å². The molecule has 0 fully saturated rings. The molecule has 1 aliphatic rings. The van der Waals surface area contributed by atoms with Crippen LogP contribution in [0.4, 0.5) is 5.69 Å². The van der Waals surface area contributed by atoms with E-state index in [4.69, 9.17) is 0 Å². The van der Waals surface area contributed by atoms with Gasteiger partial charge in [0.05, 0.1) is 0 Å². The van der Waals surface area contributed by atoms with Crippen LogP contribution in [0.15, 0.2) is 24.4 Å². The summed E-state index contributed by atoms with van der Waals surface area (Å²) in [6.45, 7) is 6.36. The van der Waals surface area contributed by atoms with E-state index in [9.17, 15) is 0 Å². The summed E-state index contributed by atoms with van der Waals surface area (Å²) in [5.74, 6) is 0. The van der Waals surface area contributed by atoms with Crippen molar-refractivity contribution >= 4 is 17.0 Å². The number of likely N-dealkylation sites (N-methyl/N-ethyl adjacent to an activating group) is 1. The molecule has 0 unspecified atom stereocenters. The number of fused-ring (bicyclic) bond motifs is 1. The highest BCUT2D eigenvalue weighted by Gasteiger charge is 2.16. The van der Waals surface area contributed by atoms with Crippen molar-refractivity contribution in [3.05, 3.63) is 34.8 Å². The molecule has 0 spiro atoms. The summed E-state index contributed by atoms with van der Waals surface area (Å²) in [4.78, 5) is 8.19. The number of hydrogen-bond acceptors (Lipinski definition) is 4. The molecule has 2 aromatic rings. The highest BCUT2D eigenvalue weighted by Crippen LogP contribution is 2.32. The van der Waals surface area contributed by atoms with Gasteiger partial charge >= 0.3 is 0 Å². The largest absolute Gasteiger partial charge is 0.374 e. The highest BCUT2D eigenvalue weighted by molar-refractivity contribution is 7.15. The fourth-order valence-corrected chi connectivity index (χ4v) is 3.39. The molecule has 0 atom stereocenters. The molecule has 2 heterocycles. The van der Waals surface area contributed by atoms with Crippen molar-refractivity contribution in [2.24, 2.45) is 0 Å². The van der Waals surface area contributed by atoms with Crippen molar-refractivity contribution in [2.45, 2.75) is 32.9 Å². The third-order valence-electron chi connectivity index (χ3n) is 3.69. The summed E-state index contributed by atoms with van der Waals surface area (Å²) in [6, 6.07) is 7.23. The van der Waals surface area contributed by atoms with Gasteiger partial charge < -0.3 is 10.2 Å². The van der Waals surface area contributed by atoms with Gasteiger partial charge in [-0.3, -0.25) is 0 Å². The Morgan fingerprint density at radius 3 is 3.05 bits per heavy atom. The maximum Gasteiger partial charge on any atom is 0.123 e. The molecule has 3 rings (SSSR count). The molecule has 0 aliphatic carbocycles. The molecule has 3 nitrogen and oxygen atoms in total. The van der Waals surface area contributed by atoms with E-state index in [1.165, 1.54) is 21.7 Å². The van der Waals surface area contributed by atoms with E-state index in [0.29, 0.717) is 6.04 Å². The van der Waals surface area contributed by atoms with Crippen LogP contribution in [-0.2, 0) is 13.0 Å². The fraction of sp³-hybridized carbons (Fsp3) is 0.438. The van der Waals surface area contributed by atoms with Crippen LogP contribution in [0.5, 0.6) is 0 Å². The van der Waals surface area contributed by atoms with Crippen molar-refractivity contribution in [1.29, 1.82) is 0 Å². The molecule has 1 N–H and O–H groups in total. The maximum atomic E-state index is 4.57. The van der Waals surface area contributed by atoms with Gasteiger partial charge in [0.15, 0.2) is 0 Å². The molecule has 1 aromatic carbocycles. The Hall–Kier alpha value is -1.39. The summed E-state index contributed by atoms with van der Waals surface area (Å²) in [6.07, 6.45) is 3.14. The van der Waals surface area contributed by atoms with Gasteiger partial charge in [-0.25, -0.2) is 4.98 Å². The maximum absolute atomic E-state index is 4.57.